The minimum absolute atomic E-state index is 0.133. The number of aromatic nitrogens is 2. The van der Waals surface area contributed by atoms with E-state index >= 15 is 0 Å². The summed E-state index contributed by atoms with van der Waals surface area (Å²) < 4.78 is 0.668. The highest BCUT2D eigenvalue weighted by Gasteiger charge is 2.12. The summed E-state index contributed by atoms with van der Waals surface area (Å²) in [6.45, 7) is 0. The van der Waals surface area contributed by atoms with Gasteiger partial charge in [-0.3, -0.25) is 4.79 Å². The fourth-order valence-electron chi connectivity index (χ4n) is 1.98. The SMILES string of the molecule is O=C(c1ccc(Cl)c(Br)c1)c1ccc2[nH]c(=O)[nH]c2c1. The Balaban J connectivity index is 2.07. The number of hydrogen-bond acceptors (Lipinski definition) is 2. The quantitative estimate of drug-likeness (QED) is 0.694. The molecule has 0 spiro atoms. The fourth-order valence-corrected chi connectivity index (χ4v) is 2.47. The average molecular weight is 352 g/mol. The predicted molar refractivity (Wildman–Crippen MR) is 81.5 cm³/mol. The van der Waals surface area contributed by atoms with Crippen LogP contribution in [0.2, 0.25) is 5.02 Å². The zero-order valence-corrected chi connectivity index (χ0v) is 12.4. The first-order valence-corrected chi connectivity index (χ1v) is 6.93. The molecule has 0 aliphatic heterocycles. The van der Waals surface area contributed by atoms with E-state index in [4.69, 9.17) is 11.6 Å². The maximum atomic E-state index is 12.4. The molecule has 1 aromatic heterocycles. The van der Waals surface area contributed by atoms with Gasteiger partial charge in [0.2, 0.25) is 0 Å². The van der Waals surface area contributed by atoms with Crippen molar-refractivity contribution in [2.75, 3.05) is 0 Å². The Bertz CT molecular complexity index is 882. The third kappa shape index (κ3) is 2.30. The van der Waals surface area contributed by atoms with Crippen molar-refractivity contribution in [1.82, 2.24) is 9.97 Å². The molecular formula is C14H8BrClN2O2. The average Bonchev–Trinajstić information content (AvgIpc) is 2.80. The van der Waals surface area contributed by atoms with Crippen molar-refractivity contribution in [2.24, 2.45) is 0 Å². The number of halogens is 2. The summed E-state index contributed by atoms with van der Waals surface area (Å²) in [5, 5.41) is 0.548. The summed E-state index contributed by atoms with van der Waals surface area (Å²) in [6, 6.07) is 10.0. The second-order valence-corrected chi connectivity index (χ2v) is 5.56. The number of benzene rings is 2. The van der Waals surface area contributed by atoms with Gasteiger partial charge in [-0.25, -0.2) is 4.79 Å². The van der Waals surface area contributed by atoms with E-state index in [1.54, 1.807) is 36.4 Å². The highest BCUT2D eigenvalue weighted by atomic mass is 79.9. The summed E-state index contributed by atoms with van der Waals surface area (Å²) in [5.41, 5.74) is 2.01. The van der Waals surface area contributed by atoms with Crippen molar-refractivity contribution in [3.05, 3.63) is 67.5 Å². The van der Waals surface area contributed by atoms with E-state index < -0.39 is 0 Å². The Kier molecular flexibility index (Phi) is 3.23. The van der Waals surface area contributed by atoms with Crippen LogP contribution in [0.15, 0.2) is 45.7 Å². The zero-order chi connectivity index (χ0) is 14.3. The van der Waals surface area contributed by atoms with E-state index in [0.29, 0.717) is 31.7 Å². The van der Waals surface area contributed by atoms with Gasteiger partial charge in [0, 0.05) is 15.6 Å². The number of H-pyrrole nitrogens is 2. The lowest BCUT2D eigenvalue weighted by Gasteiger charge is -2.03. The summed E-state index contributed by atoms with van der Waals surface area (Å²) in [4.78, 5) is 28.9. The molecule has 0 radical (unpaired) electrons. The van der Waals surface area contributed by atoms with Crippen LogP contribution < -0.4 is 5.69 Å². The van der Waals surface area contributed by atoms with Crippen LogP contribution in [-0.2, 0) is 0 Å². The van der Waals surface area contributed by atoms with Crippen LogP contribution in [0.1, 0.15) is 15.9 Å². The second-order valence-electron chi connectivity index (χ2n) is 4.30. The van der Waals surface area contributed by atoms with Crippen LogP contribution >= 0.6 is 27.5 Å². The van der Waals surface area contributed by atoms with E-state index in [1.165, 1.54) is 0 Å². The topological polar surface area (TPSA) is 65.7 Å². The lowest BCUT2D eigenvalue weighted by Crippen LogP contribution is -2.01. The van der Waals surface area contributed by atoms with Crippen LogP contribution in [0.3, 0.4) is 0 Å². The lowest BCUT2D eigenvalue weighted by atomic mass is 10.0. The van der Waals surface area contributed by atoms with Crippen molar-refractivity contribution < 1.29 is 4.79 Å². The van der Waals surface area contributed by atoms with Gasteiger partial charge in [0.05, 0.1) is 16.1 Å². The van der Waals surface area contributed by atoms with Crippen molar-refractivity contribution >= 4 is 44.3 Å². The monoisotopic (exact) mass is 350 g/mol. The minimum Gasteiger partial charge on any atom is -0.306 e. The normalized spacial score (nSPS) is 10.9. The molecule has 0 amide bonds. The molecule has 3 rings (SSSR count). The van der Waals surface area contributed by atoms with Gasteiger partial charge < -0.3 is 9.97 Å². The molecule has 0 aliphatic carbocycles. The molecule has 0 unspecified atom stereocenters. The Morgan fingerprint density at radius 3 is 2.40 bits per heavy atom. The molecule has 0 fully saturated rings. The molecule has 20 heavy (non-hydrogen) atoms. The maximum Gasteiger partial charge on any atom is 0.323 e. The summed E-state index contributed by atoms with van der Waals surface area (Å²) in [5.74, 6) is -0.133. The fraction of sp³-hybridized carbons (Fsp3) is 0. The van der Waals surface area contributed by atoms with E-state index in [9.17, 15) is 9.59 Å². The van der Waals surface area contributed by atoms with Crippen LogP contribution in [0.4, 0.5) is 0 Å². The van der Waals surface area contributed by atoms with Crippen LogP contribution in [0.25, 0.3) is 11.0 Å². The first-order valence-electron chi connectivity index (χ1n) is 5.76. The Hall–Kier alpha value is -1.85. The molecule has 100 valence electrons. The Labute approximate surface area is 126 Å². The van der Waals surface area contributed by atoms with E-state index in [2.05, 4.69) is 25.9 Å². The molecule has 0 atom stereocenters. The number of hydrogen-bond donors (Lipinski definition) is 2. The van der Waals surface area contributed by atoms with Gasteiger partial charge in [0.15, 0.2) is 5.78 Å². The predicted octanol–water partition coefficient (Wildman–Crippen LogP) is 3.50. The number of carbonyl (C=O) groups excluding carboxylic acids is 1. The van der Waals surface area contributed by atoms with Gasteiger partial charge in [0.25, 0.3) is 0 Å². The van der Waals surface area contributed by atoms with Gasteiger partial charge in [0.1, 0.15) is 0 Å². The molecule has 2 N–H and O–H groups in total. The van der Waals surface area contributed by atoms with Crippen molar-refractivity contribution in [3.8, 4) is 0 Å². The second kappa shape index (κ2) is 4.92. The molecule has 3 aromatic rings. The van der Waals surface area contributed by atoms with Crippen LogP contribution in [0.5, 0.6) is 0 Å². The molecule has 6 heteroatoms. The number of aromatic amines is 2. The molecule has 0 saturated carbocycles. The number of imidazole rings is 1. The first kappa shape index (κ1) is 13.1. The van der Waals surface area contributed by atoms with Crippen LogP contribution in [0, 0.1) is 0 Å². The lowest BCUT2D eigenvalue weighted by molar-refractivity contribution is 0.103. The highest BCUT2D eigenvalue weighted by Crippen LogP contribution is 2.24. The molecule has 0 saturated heterocycles. The molecule has 4 nitrogen and oxygen atoms in total. The van der Waals surface area contributed by atoms with Gasteiger partial charge in [-0.1, -0.05) is 11.6 Å². The molecule has 0 aliphatic rings. The zero-order valence-electron chi connectivity index (χ0n) is 10.0. The minimum atomic E-state index is -0.293. The van der Waals surface area contributed by atoms with Gasteiger partial charge in [-0.15, -0.1) is 0 Å². The highest BCUT2D eigenvalue weighted by molar-refractivity contribution is 9.10. The van der Waals surface area contributed by atoms with Crippen molar-refractivity contribution in [1.29, 1.82) is 0 Å². The van der Waals surface area contributed by atoms with Gasteiger partial charge in [-0.2, -0.15) is 0 Å². The molecular weight excluding hydrogens is 344 g/mol. The largest absolute Gasteiger partial charge is 0.323 e. The number of rotatable bonds is 2. The molecule has 1 heterocycles. The summed E-state index contributed by atoms with van der Waals surface area (Å²) in [6.07, 6.45) is 0. The number of ketones is 1. The maximum absolute atomic E-state index is 12.4. The smallest absolute Gasteiger partial charge is 0.306 e. The third-order valence-electron chi connectivity index (χ3n) is 2.96. The standard InChI is InChI=1S/C14H8BrClN2O2/c15-9-5-7(1-3-10(9)16)13(19)8-2-4-11-12(6-8)18-14(20)17-11/h1-6H,(H2,17,18,20). The van der Waals surface area contributed by atoms with Crippen molar-refractivity contribution in [3.63, 3.8) is 0 Å². The first-order chi connectivity index (χ1) is 9.54. The van der Waals surface area contributed by atoms with Gasteiger partial charge in [-0.05, 0) is 52.3 Å². The third-order valence-corrected chi connectivity index (χ3v) is 4.17. The van der Waals surface area contributed by atoms with Crippen molar-refractivity contribution in [2.45, 2.75) is 0 Å². The van der Waals surface area contributed by atoms with E-state index in [-0.39, 0.29) is 11.5 Å². The van der Waals surface area contributed by atoms with Gasteiger partial charge >= 0.3 is 5.69 Å². The summed E-state index contributed by atoms with van der Waals surface area (Å²) >= 11 is 9.20. The number of fused-ring (bicyclic) bond motifs is 1. The summed E-state index contributed by atoms with van der Waals surface area (Å²) in [7, 11) is 0. The molecule has 2 aromatic carbocycles. The van der Waals surface area contributed by atoms with E-state index in [1.807, 2.05) is 0 Å². The molecule has 0 bridgehead atoms. The Morgan fingerprint density at radius 2 is 1.65 bits per heavy atom. The number of carbonyl (C=O) groups is 1. The van der Waals surface area contributed by atoms with E-state index in [0.717, 1.165) is 0 Å². The van der Waals surface area contributed by atoms with Crippen LogP contribution in [-0.4, -0.2) is 15.8 Å². The number of nitrogens with one attached hydrogen (secondary N) is 2. The Morgan fingerprint density at radius 1 is 1.00 bits per heavy atom.